The number of benzene rings is 8. The number of hydrogen-bond acceptors (Lipinski definition) is 3. The quantitative estimate of drug-likeness (QED) is 0.196. The predicted molar refractivity (Wildman–Crippen MR) is 188 cm³/mol. The summed E-state index contributed by atoms with van der Waals surface area (Å²) >= 11 is 0. The highest BCUT2D eigenvalue weighted by Gasteiger charge is 2.21. The van der Waals surface area contributed by atoms with Gasteiger partial charge in [-0.3, -0.25) is 0 Å². The summed E-state index contributed by atoms with van der Waals surface area (Å²) in [7, 11) is 0. The van der Waals surface area contributed by atoms with Crippen LogP contribution in [0.4, 0.5) is 0 Å². The van der Waals surface area contributed by atoms with Crippen molar-refractivity contribution < 1.29 is 24.5 Å². The third kappa shape index (κ3) is 4.64. The fraction of sp³-hybridized carbons (Fsp3) is 0. The number of carbonyl (C=O) groups is 2. The number of rotatable bonds is 6. The van der Waals surface area contributed by atoms with Crippen LogP contribution < -0.4 is 4.74 Å². The van der Waals surface area contributed by atoms with E-state index in [-0.39, 0.29) is 11.1 Å². The molecule has 224 valence electrons. The topological polar surface area (TPSA) is 83.8 Å². The van der Waals surface area contributed by atoms with Crippen LogP contribution in [0.5, 0.6) is 11.5 Å². The third-order valence-electron chi connectivity index (χ3n) is 8.85. The minimum atomic E-state index is -0.982. The summed E-state index contributed by atoms with van der Waals surface area (Å²) in [6, 6.07) is 46.3. The summed E-state index contributed by atoms with van der Waals surface area (Å²) in [5.74, 6) is -0.686. The molecule has 47 heavy (non-hydrogen) atoms. The molecule has 5 heteroatoms. The lowest BCUT2D eigenvalue weighted by molar-refractivity contribution is 0.0688. The van der Waals surface area contributed by atoms with Crippen molar-refractivity contribution in [1.82, 2.24) is 0 Å². The van der Waals surface area contributed by atoms with Crippen LogP contribution >= 0.6 is 0 Å². The molecule has 0 aliphatic carbocycles. The van der Waals surface area contributed by atoms with E-state index in [1.165, 1.54) is 0 Å². The van der Waals surface area contributed by atoms with Crippen molar-refractivity contribution in [2.24, 2.45) is 0 Å². The first-order valence-corrected chi connectivity index (χ1v) is 15.2. The van der Waals surface area contributed by atoms with E-state index in [2.05, 4.69) is 12.1 Å². The maximum atomic E-state index is 12.1. The van der Waals surface area contributed by atoms with Gasteiger partial charge in [-0.15, -0.1) is 0 Å². The van der Waals surface area contributed by atoms with Crippen molar-refractivity contribution >= 4 is 55.0 Å². The predicted octanol–water partition coefficient (Wildman–Crippen LogP) is 10.8. The Bertz CT molecular complexity index is 2390. The van der Waals surface area contributed by atoms with Crippen molar-refractivity contribution in [2.45, 2.75) is 0 Å². The highest BCUT2D eigenvalue weighted by molar-refractivity contribution is 6.12. The van der Waals surface area contributed by atoms with E-state index < -0.39 is 11.9 Å². The number of carboxylic acid groups (broad SMARTS) is 2. The smallest absolute Gasteiger partial charge is 0.336 e. The van der Waals surface area contributed by atoms with Crippen molar-refractivity contribution in [3.8, 4) is 33.8 Å². The first-order chi connectivity index (χ1) is 23.0. The van der Waals surface area contributed by atoms with Crippen molar-refractivity contribution in [2.75, 3.05) is 0 Å². The summed E-state index contributed by atoms with van der Waals surface area (Å²) in [4.78, 5) is 24.3. The lowest BCUT2D eigenvalue weighted by Gasteiger charge is -2.20. The van der Waals surface area contributed by atoms with Gasteiger partial charge in [-0.05, 0) is 67.7 Å². The molecule has 0 fully saturated rings. The molecule has 0 saturated carbocycles. The van der Waals surface area contributed by atoms with E-state index >= 15 is 0 Å². The fourth-order valence-electron chi connectivity index (χ4n) is 6.67. The number of ether oxygens (including phenoxy) is 1. The van der Waals surface area contributed by atoms with Gasteiger partial charge in [0.2, 0.25) is 0 Å². The molecule has 0 heterocycles. The second kappa shape index (κ2) is 11.2. The maximum absolute atomic E-state index is 12.1. The van der Waals surface area contributed by atoms with E-state index in [9.17, 15) is 19.8 Å². The average molecular weight is 611 g/mol. The summed E-state index contributed by atoms with van der Waals surface area (Å²) in [5, 5.41) is 26.6. The van der Waals surface area contributed by atoms with Gasteiger partial charge in [0.25, 0.3) is 0 Å². The molecule has 8 aromatic carbocycles. The van der Waals surface area contributed by atoms with E-state index in [0.717, 1.165) is 54.6 Å². The third-order valence-corrected chi connectivity index (χ3v) is 8.85. The van der Waals surface area contributed by atoms with Gasteiger partial charge in [0.05, 0.1) is 11.1 Å². The minimum Gasteiger partial charge on any atom is -0.478 e. The Balaban J connectivity index is 1.43. The zero-order chi connectivity index (χ0) is 32.1. The molecule has 0 aliphatic heterocycles. The lowest BCUT2D eigenvalue weighted by Crippen LogP contribution is -2.00. The standard InChI is InChI=1S/C42H26O5/c43-41(44)37-23-21-33(29-13-5-7-15-31(29)37)35-19-17-25-9-1-3-11-27(25)39(35)47-40-28-12-4-2-10-26(28)18-20-36(40)34-22-24-38(42(45)46)32-16-8-6-14-30(32)34/h1-24H,(H,43,44)(H,45,46). The zero-order valence-electron chi connectivity index (χ0n) is 25.0. The molecule has 2 N–H and O–H groups in total. The van der Waals surface area contributed by atoms with Gasteiger partial charge >= 0.3 is 11.9 Å². The van der Waals surface area contributed by atoms with Crippen LogP contribution in [0.25, 0.3) is 65.3 Å². The van der Waals surface area contributed by atoms with E-state index in [0.29, 0.717) is 22.3 Å². The monoisotopic (exact) mass is 610 g/mol. The van der Waals surface area contributed by atoms with Gasteiger partial charge in [-0.25, -0.2) is 9.59 Å². The van der Waals surface area contributed by atoms with Gasteiger partial charge < -0.3 is 14.9 Å². The highest BCUT2D eigenvalue weighted by atomic mass is 16.5. The second-order valence-electron chi connectivity index (χ2n) is 11.5. The maximum Gasteiger partial charge on any atom is 0.336 e. The molecule has 0 aromatic heterocycles. The van der Waals surface area contributed by atoms with Gasteiger partial charge in [0, 0.05) is 21.9 Å². The first kappa shape index (κ1) is 28.0. The van der Waals surface area contributed by atoms with Crippen LogP contribution in [0.3, 0.4) is 0 Å². The Morgan fingerprint density at radius 2 is 0.702 bits per heavy atom. The Kier molecular flexibility index (Phi) is 6.66. The van der Waals surface area contributed by atoms with E-state index in [1.807, 2.05) is 121 Å². The van der Waals surface area contributed by atoms with Gasteiger partial charge in [0.1, 0.15) is 11.5 Å². The molecular weight excluding hydrogens is 584 g/mol. The number of carboxylic acids is 2. The molecule has 0 bridgehead atoms. The molecule has 8 rings (SSSR count). The summed E-state index contributed by atoms with van der Waals surface area (Å²) < 4.78 is 7.20. The van der Waals surface area contributed by atoms with Crippen molar-refractivity contribution in [3.05, 3.63) is 157 Å². The summed E-state index contributed by atoms with van der Waals surface area (Å²) in [5.41, 5.74) is 3.82. The van der Waals surface area contributed by atoms with Gasteiger partial charge in [-0.1, -0.05) is 121 Å². The van der Waals surface area contributed by atoms with Gasteiger partial charge in [0.15, 0.2) is 0 Å². The number of aromatic carboxylic acids is 2. The molecule has 0 spiro atoms. The molecule has 0 amide bonds. The molecule has 0 unspecified atom stereocenters. The van der Waals surface area contributed by atoms with Crippen LogP contribution in [0.1, 0.15) is 20.7 Å². The SMILES string of the molecule is O=C(O)c1ccc(-c2ccc3ccccc3c2Oc2c(-c3ccc(C(=O)O)c4ccccc34)ccc3ccccc23)c2ccccc12. The molecule has 5 nitrogen and oxygen atoms in total. The Hall–Kier alpha value is -6.46. The van der Waals surface area contributed by atoms with E-state index in [4.69, 9.17) is 4.74 Å². The summed E-state index contributed by atoms with van der Waals surface area (Å²) in [6.07, 6.45) is 0. The van der Waals surface area contributed by atoms with Crippen molar-refractivity contribution in [1.29, 1.82) is 0 Å². The van der Waals surface area contributed by atoms with Crippen LogP contribution in [-0.4, -0.2) is 22.2 Å². The normalized spacial score (nSPS) is 11.3. The second-order valence-corrected chi connectivity index (χ2v) is 11.5. The highest BCUT2D eigenvalue weighted by Crippen LogP contribution is 2.47. The van der Waals surface area contributed by atoms with E-state index in [1.54, 1.807) is 12.1 Å². The molecule has 0 atom stereocenters. The Morgan fingerprint density at radius 1 is 0.362 bits per heavy atom. The Labute approximate surface area is 269 Å². The molecule has 0 saturated heterocycles. The summed E-state index contributed by atoms with van der Waals surface area (Å²) in [6.45, 7) is 0. The first-order valence-electron chi connectivity index (χ1n) is 15.2. The fourth-order valence-corrected chi connectivity index (χ4v) is 6.67. The molecule has 0 aliphatic rings. The number of hydrogen-bond donors (Lipinski definition) is 2. The van der Waals surface area contributed by atoms with Crippen LogP contribution in [0.2, 0.25) is 0 Å². The lowest BCUT2D eigenvalue weighted by atomic mass is 9.92. The average Bonchev–Trinajstić information content (AvgIpc) is 3.11. The largest absolute Gasteiger partial charge is 0.478 e. The molecule has 8 aromatic rings. The van der Waals surface area contributed by atoms with Crippen molar-refractivity contribution in [3.63, 3.8) is 0 Å². The zero-order valence-corrected chi connectivity index (χ0v) is 25.0. The van der Waals surface area contributed by atoms with Crippen LogP contribution in [0, 0.1) is 0 Å². The Morgan fingerprint density at radius 3 is 1.11 bits per heavy atom. The molecular formula is C42H26O5. The minimum absolute atomic E-state index is 0.237. The van der Waals surface area contributed by atoms with Crippen LogP contribution in [-0.2, 0) is 0 Å². The number of fused-ring (bicyclic) bond motifs is 4. The molecule has 0 radical (unpaired) electrons. The van der Waals surface area contributed by atoms with Gasteiger partial charge in [-0.2, -0.15) is 0 Å². The van der Waals surface area contributed by atoms with Crippen LogP contribution in [0.15, 0.2) is 146 Å².